The molecule has 0 fully saturated rings. The smallest absolute Gasteiger partial charge is 0.256 e. The molecule has 3 N–H and O–H groups in total. The van der Waals surface area contributed by atoms with Gasteiger partial charge in [0, 0.05) is 17.8 Å². The fourth-order valence-electron chi connectivity index (χ4n) is 1.93. The van der Waals surface area contributed by atoms with Gasteiger partial charge >= 0.3 is 0 Å². The highest BCUT2D eigenvalue weighted by atomic mass is 16.1. The van der Waals surface area contributed by atoms with Gasteiger partial charge < -0.3 is 11.1 Å². The van der Waals surface area contributed by atoms with Crippen LogP contribution in [-0.4, -0.2) is 21.9 Å². The lowest BCUT2D eigenvalue weighted by atomic mass is 10.1. The third kappa shape index (κ3) is 3.37. The van der Waals surface area contributed by atoms with Crippen molar-refractivity contribution in [3.05, 3.63) is 41.6 Å². The van der Waals surface area contributed by atoms with Crippen LogP contribution in [0.25, 0.3) is 11.4 Å². The van der Waals surface area contributed by atoms with E-state index in [-0.39, 0.29) is 17.8 Å². The molecule has 0 radical (unpaired) electrons. The van der Waals surface area contributed by atoms with Crippen LogP contribution < -0.4 is 11.1 Å². The monoisotopic (exact) mass is 284 g/mol. The third-order valence-electron chi connectivity index (χ3n) is 3.44. The van der Waals surface area contributed by atoms with Gasteiger partial charge in [-0.2, -0.15) is 0 Å². The van der Waals surface area contributed by atoms with E-state index in [4.69, 9.17) is 5.73 Å². The van der Waals surface area contributed by atoms with E-state index in [9.17, 15) is 4.79 Å². The van der Waals surface area contributed by atoms with Gasteiger partial charge in [0.25, 0.3) is 5.91 Å². The van der Waals surface area contributed by atoms with Crippen molar-refractivity contribution >= 4 is 11.7 Å². The van der Waals surface area contributed by atoms with E-state index in [0.29, 0.717) is 11.4 Å². The summed E-state index contributed by atoms with van der Waals surface area (Å²) in [5, 5.41) is 2.86. The Morgan fingerprint density at radius 3 is 2.71 bits per heavy atom. The zero-order chi connectivity index (χ0) is 15.4. The standard InChI is InChI=1S/C16H20N4O/c1-4-11(3)19-16(21)13-9-18-15(20-14(13)17)12-8-6-5-7-10(12)2/h5-9,11H,4H2,1-3H3,(H,19,21)(H2,17,18,20). The molecule has 1 amide bonds. The topological polar surface area (TPSA) is 80.9 Å². The summed E-state index contributed by atoms with van der Waals surface area (Å²) in [5.41, 5.74) is 8.21. The number of aromatic nitrogens is 2. The van der Waals surface area contributed by atoms with Gasteiger partial charge in [0.1, 0.15) is 5.82 Å². The number of anilines is 1. The molecule has 0 saturated carbocycles. The molecule has 0 bridgehead atoms. The summed E-state index contributed by atoms with van der Waals surface area (Å²) >= 11 is 0. The molecule has 2 rings (SSSR count). The molecule has 5 heteroatoms. The van der Waals surface area contributed by atoms with Crippen LogP contribution in [0.15, 0.2) is 30.5 Å². The normalized spacial score (nSPS) is 12.0. The van der Waals surface area contributed by atoms with Crippen molar-refractivity contribution in [1.82, 2.24) is 15.3 Å². The molecule has 1 aromatic heterocycles. The summed E-state index contributed by atoms with van der Waals surface area (Å²) in [7, 11) is 0. The van der Waals surface area contributed by atoms with Crippen molar-refractivity contribution in [2.75, 3.05) is 5.73 Å². The molecule has 5 nitrogen and oxygen atoms in total. The van der Waals surface area contributed by atoms with E-state index >= 15 is 0 Å². The van der Waals surface area contributed by atoms with Crippen LogP contribution in [-0.2, 0) is 0 Å². The van der Waals surface area contributed by atoms with E-state index in [2.05, 4.69) is 15.3 Å². The van der Waals surface area contributed by atoms with Crippen LogP contribution in [0.5, 0.6) is 0 Å². The predicted molar refractivity (Wildman–Crippen MR) is 83.8 cm³/mol. The van der Waals surface area contributed by atoms with Crippen LogP contribution in [0, 0.1) is 6.92 Å². The van der Waals surface area contributed by atoms with E-state index in [1.807, 2.05) is 45.0 Å². The molecular formula is C16H20N4O. The van der Waals surface area contributed by atoms with Crippen LogP contribution in [0.2, 0.25) is 0 Å². The van der Waals surface area contributed by atoms with Crippen LogP contribution in [0.4, 0.5) is 5.82 Å². The van der Waals surface area contributed by atoms with Gasteiger partial charge in [-0.3, -0.25) is 4.79 Å². The van der Waals surface area contributed by atoms with Crippen molar-refractivity contribution in [1.29, 1.82) is 0 Å². The minimum absolute atomic E-state index is 0.0907. The van der Waals surface area contributed by atoms with Gasteiger partial charge in [-0.15, -0.1) is 0 Å². The SMILES string of the molecule is CCC(C)NC(=O)c1cnc(-c2ccccc2C)nc1N. The van der Waals surface area contributed by atoms with Gasteiger partial charge in [0.15, 0.2) is 5.82 Å². The Balaban J connectivity index is 2.30. The van der Waals surface area contributed by atoms with Crippen molar-refractivity contribution in [3.8, 4) is 11.4 Å². The van der Waals surface area contributed by atoms with E-state index < -0.39 is 0 Å². The summed E-state index contributed by atoms with van der Waals surface area (Å²) in [6.45, 7) is 5.93. The summed E-state index contributed by atoms with van der Waals surface area (Å²) in [5.74, 6) is 0.493. The molecule has 1 atom stereocenters. The molecule has 0 saturated heterocycles. The minimum Gasteiger partial charge on any atom is -0.383 e. The average Bonchev–Trinajstić information content (AvgIpc) is 2.47. The largest absolute Gasteiger partial charge is 0.383 e. The molecule has 1 unspecified atom stereocenters. The highest BCUT2D eigenvalue weighted by molar-refractivity contribution is 5.98. The van der Waals surface area contributed by atoms with Gasteiger partial charge in [0.05, 0.1) is 5.56 Å². The number of aryl methyl sites for hydroxylation is 1. The molecular weight excluding hydrogens is 264 g/mol. The number of carbonyl (C=O) groups excluding carboxylic acids is 1. The molecule has 0 aliphatic heterocycles. The predicted octanol–water partition coefficient (Wildman–Crippen LogP) is 2.56. The summed E-state index contributed by atoms with van der Waals surface area (Å²) in [6.07, 6.45) is 2.34. The number of nitrogen functional groups attached to an aromatic ring is 1. The molecule has 2 aromatic rings. The number of nitrogens with one attached hydrogen (secondary N) is 1. The average molecular weight is 284 g/mol. The van der Waals surface area contributed by atoms with Crippen molar-refractivity contribution in [2.24, 2.45) is 0 Å². The van der Waals surface area contributed by atoms with Crippen LogP contribution in [0.3, 0.4) is 0 Å². The maximum Gasteiger partial charge on any atom is 0.256 e. The Hall–Kier alpha value is -2.43. The van der Waals surface area contributed by atoms with Crippen molar-refractivity contribution < 1.29 is 4.79 Å². The molecule has 21 heavy (non-hydrogen) atoms. The molecule has 0 spiro atoms. The summed E-state index contributed by atoms with van der Waals surface area (Å²) in [6, 6.07) is 7.89. The third-order valence-corrected chi connectivity index (χ3v) is 3.44. The molecule has 110 valence electrons. The second-order valence-electron chi connectivity index (χ2n) is 5.09. The molecule has 1 heterocycles. The fourth-order valence-corrected chi connectivity index (χ4v) is 1.93. The van der Waals surface area contributed by atoms with E-state index in [1.165, 1.54) is 6.20 Å². The highest BCUT2D eigenvalue weighted by Crippen LogP contribution is 2.21. The van der Waals surface area contributed by atoms with E-state index in [0.717, 1.165) is 17.5 Å². The van der Waals surface area contributed by atoms with Crippen molar-refractivity contribution in [2.45, 2.75) is 33.2 Å². The Labute approximate surface area is 124 Å². The maximum absolute atomic E-state index is 12.1. The number of hydrogen-bond acceptors (Lipinski definition) is 4. The molecule has 1 aromatic carbocycles. The second kappa shape index (κ2) is 6.35. The lowest BCUT2D eigenvalue weighted by molar-refractivity contribution is 0.0939. The maximum atomic E-state index is 12.1. The Morgan fingerprint density at radius 2 is 2.10 bits per heavy atom. The number of carbonyl (C=O) groups is 1. The lowest BCUT2D eigenvalue weighted by Crippen LogP contribution is -2.32. The first-order valence-electron chi connectivity index (χ1n) is 7.02. The Bertz CT molecular complexity index is 654. The van der Waals surface area contributed by atoms with E-state index in [1.54, 1.807) is 0 Å². The van der Waals surface area contributed by atoms with Gasteiger partial charge in [-0.1, -0.05) is 31.2 Å². The first kappa shape index (κ1) is 15.0. The number of hydrogen-bond donors (Lipinski definition) is 2. The lowest BCUT2D eigenvalue weighted by Gasteiger charge is -2.12. The number of rotatable bonds is 4. The zero-order valence-corrected chi connectivity index (χ0v) is 12.6. The first-order chi connectivity index (χ1) is 10.0. The Kier molecular flexibility index (Phi) is 4.52. The second-order valence-corrected chi connectivity index (χ2v) is 5.09. The first-order valence-corrected chi connectivity index (χ1v) is 7.02. The van der Waals surface area contributed by atoms with Gasteiger partial charge in [0.2, 0.25) is 0 Å². The number of amides is 1. The molecule has 0 aliphatic carbocycles. The summed E-state index contributed by atoms with van der Waals surface area (Å²) in [4.78, 5) is 20.6. The van der Waals surface area contributed by atoms with Crippen LogP contribution >= 0.6 is 0 Å². The Morgan fingerprint density at radius 1 is 1.38 bits per heavy atom. The number of nitrogens with two attached hydrogens (primary N) is 1. The zero-order valence-electron chi connectivity index (χ0n) is 12.6. The van der Waals surface area contributed by atoms with Gasteiger partial charge in [-0.25, -0.2) is 9.97 Å². The fraction of sp³-hybridized carbons (Fsp3) is 0.312. The highest BCUT2D eigenvalue weighted by Gasteiger charge is 2.15. The van der Waals surface area contributed by atoms with Crippen LogP contribution in [0.1, 0.15) is 36.2 Å². The molecule has 0 aliphatic rings. The van der Waals surface area contributed by atoms with Crippen molar-refractivity contribution in [3.63, 3.8) is 0 Å². The quantitative estimate of drug-likeness (QED) is 0.904. The number of benzene rings is 1. The van der Waals surface area contributed by atoms with Gasteiger partial charge in [-0.05, 0) is 25.8 Å². The minimum atomic E-state index is -0.238. The summed E-state index contributed by atoms with van der Waals surface area (Å²) < 4.78 is 0. The number of nitrogens with zero attached hydrogens (tertiary/aromatic N) is 2.